The van der Waals surface area contributed by atoms with Crippen molar-refractivity contribution in [3.05, 3.63) is 59.7 Å². The molecule has 0 heterocycles. The molecule has 0 saturated carbocycles. The normalized spacial score (nSPS) is 10.7. The van der Waals surface area contributed by atoms with Crippen molar-refractivity contribution in [3.63, 3.8) is 0 Å². The van der Waals surface area contributed by atoms with Crippen LogP contribution in [0.25, 0.3) is 11.1 Å². The van der Waals surface area contributed by atoms with Gasteiger partial charge in [-0.05, 0) is 29.7 Å². The van der Waals surface area contributed by atoms with Gasteiger partial charge in [-0.15, -0.1) is 0 Å². The second-order valence-electron chi connectivity index (χ2n) is 7.64. The highest BCUT2D eigenvalue weighted by Crippen LogP contribution is 2.20. The summed E-state index contributed by atoms with van der Waals surface area (Å²) < 4.78 is 5.40. The van der Waals surface area contributed by atoms with E-state index in [0.717, 1.165) is 30.3 Å². The molecule has 0 aliphatic rings. The van der Waals surface area contributed by atoms with Gasteiger partial charge in [-0.1, -0.05) is 101 Å². The van der Waals surface area contributed by atoms with Crippen molar-refractivity contribution in [2.75, 3.05) is 6.61 Å². The van der Waals surface area contributed by atoms with Crippen LogP contribution in [0.1, 0.15) is 91.8 Å². The van der Waals surface area contributed by atoms with E-state index in [1.165, 1.54) is 51.4 Å². The Morgan fingerprint density at radius 1 is 0.724 bits per heavy atom. The molecule has 156 valence electrons. The number of carbonyl (C=O) groups is 2. The SMILES string of the molecule is CCCCCCCCCCCCOC(=O)c1ccc(-c2ccc(C=O)cc2)cc1. The second-order valence-corrected chi connectivity index (χ2v) is 7.64. The summed E-state index contributed by atoms with van der Waals surface area (Å²) in [4.78, 5) is 22.9. The largest absolute Gasteiger partial charge is 0.462 e. The van der Waals surface area contributed by atoms with Crippen LogP contribution < -0.4 is 0 Å². The highest BCUT2D eigenvalue weighted by Gasteiger charge is 2.07. The van der Waals surface area contributed by atoms with Gasteiger partial charge in [0.2, 0.25) is 0 Å². The lowest BCUT2D eigenvalue weighted by molar-refractivity contribution is 0.0497. The molecule has 2 aromatic carbocycles. The van der Waals surface area contributed by atoms with Crippen LogP contribution in [-0.4, -0.2) is 18.9 Å². The average Bonchev–Trinajstić information content (AvgIpc) is 2.77. The van der Waals surface area contributed by atoms with Crippen molar-refractivity contribution in [1.29, 1.82) is 0 Å². The summed E-state index contributed by atoms with van der Waals surface area (Å²) in [6.07, 6.45) is 13.5. The van der Waals surface area contributed by atoms with E-state index in [1.807, 2.05) is 24.3 Å². The predicted octanol–water partition coefficient (Wildman–Crippen LogP) is 7.24. The molecule has 0 radical (unpaired) electrons. The Kier molecular flexibility index (Phi) is 10.8. The summed E-state index contributed by atoms with van der Waals surface area (Å²) in [6.45, 7) is 2.74. The molecule has 0 N–H and O–H groups in total. The van der Waals surface area contributed by atoms with Crippen LogP contribution in [0.5, 0.6) is 0 Å². The first-order chi connectivity index (χ1) is 14.2. The molecule has 0 spiro atoms. The molecule has 3 nitrogen and oxygen atoms in total. The topological polar surface area (TPSA) is 43.4 Å². The highest BCUT2D eigenvalue weighted by atomic mass is 16.5. The molecule has 0 atom stereocenters. The third-order valence-electron chi connectivity index (χ3n) is 5.23. The molecule has 2 aromatic rings. The number of hydrogen-bond donors (Lipinski definition) is 0. The van der Waals surface area contributed by atoms with Crippen LogP contribution in [0.4, 0.5) is 0 Å². The number of rotatable bonds is 14. The number of esters is 1. The van der Waals surface area contributed by atoms with E-state index in [0.29, 0.717) is 17.7 Å². The summed E-state index contributed by atoms with van der Waals surface area (Å²) in [6, 6.07) is 14.8. The van der Waals surface area contributed by atoms with Gasteiger partial charge in [0, 0.05) is 5.56 Å². The zero-order chi connectivity index (χ0) is 20.7. The Morgan fingerprint density at radius 2 is 1.21 bits per heavy atom. The first kappa shape index (κ1) is 22.9. The number of aldehydes is 1. The standard InChI is InChI=1S/C26H34O3/c1-2-3-4-5-6-7-8-9-10-11-20-29-26(28)25-18-16-24(17-19-25)23-14-12-22(21-27)13-15-23/h12-19,21H,2-11,20H2,1H3. The van der Waals surface area contributed by atoms with Crippen molar-refractivity contribution in [2.45, 2.75) is 71.1 Å². The van der Waals surface area contributed by atoms with Crippen molar-refractivity contribution in [1.82, 2.24) is 0 Å². The molecule has 0 amide bonds. The Balaban J connectivity index is 1.61. The molecule has 0 aliphatic heterocycles. The number of unbranched alkanes of at least 4 members (excludes halogenated alkanes) is 9. The van der Waals surface area contributed by atoms with Gasteiger partial charge >= 0.3 is 5.97 Å². The maximum absolute atomic E-state index is 12.2. The van der Waals surface area contributed by atoms with Gasteiger partial charge in [-0.3, -0.25) is 4.79 Å². The van der Waals surface area contributed by atoms with E-state index < -0.39 is 0 Å². The van der Waals surface area contributed by atoms with Crippen LogP contribution in [0.3, 0.4) is 0 Å². The Morgan fingerprint density at radius 3 is 1.72 bits per heavy atom. The van der Waals surface area contributed by atoms with E-state index in [2.05, 4.69) is 6.92 Å². The predicted molar refractivity (Wildman–Crippen MR) is 119 cm³/mol. The molecule has 0 fully saturated rings. The Labute approximate surface area is 175 Å². The van der Waals surface area contributed by atoms with E-state index in [1.54, 1.807) is 24.3 Å². The summed E-state index contributed by atoms with van der Waals surface area (Å²) in [5.74, 6) is -0.260. The molecular weight excluding hydrogens is 360 g/mol. The quantitative estimate of drug-likeness (QED) is 0.193. The fourth-order valence-electron chi connectivity index (χ4n) is 3.39. The zero-order valence-electron chi connectivity index (χ0n) is 17.7. The minimum atomic E-state index is -0.260. The van der Waals surface area contributed by atoms with Crippen molar-refractivity contribution in [2.24, 2.45) is 0 Å². The van der Waals surface area contributed by atoms with Crippen LogP contribution in [-0.2, 0) is 4.74 Å². The highest BCUT2D eigenvalue weighted by molar-refractivity contribution is 5.90. The maximum Gasteiger partial charge on any atom is 0.338 e. The number of benzene rings is 2. The molecule has 0 aliphatic carbocycles. The molecule has 2 rings (SSSR count). The maximum atomic E-state index is 12.2. The summed E-state index contributed by atoms with van der Waals surface area (Å²) in [5, 5.41) is 0. The number of carbonyl (C=O) groups excluding carboxylic acids is 2. The van der Waals surface area contributed by atoms with Crippen molar-refractivity contribution in [3.8, 4) is 11.1 Å². The summed E-state index contributed by atoms with van der Waals surface area (Å²) in [5.41, 5.74) is 3.25. The van der Waals surface area contributed by atoms with Gasteiger partial charge in [-0.2, -0.15) is 0 Å². The molecule has 0 unspecified atom stereocenters. The van der Waals surface area contributed by atoms with Crippen LogP contribution in [0.15, 0.2) is 48.5 Å². The molecule has 0 saturated heterocycles. The van der Waals surface area contributed by atoms with Crippen LogP contribution >= 0.6 is 0 Å². The first-order valence-corrected chi connectivity index (χ1v) is 11.1. The molecule has 3 heteroatoms. The van der Waals surface area contributed by atoms with Gasteiger partial charge in [0.05, 0.1) is 12.2 Å². The lowest BCUT2D eigenvalue weighted by Crippen LogP contribution is -2.06. The summed E-state index contributed by atoms with van der Waals surface area (Å²) >= 11 is 0. The van der Waals surface area contributed by atoms with Gasteiger partial charge in [0.25, 0.3) is 0 Å². The third-order valence-corrected chi connectivity index (χ3v) is 5.23. The molecule has 0 aromatic heterocycles. The zero-order valence-corrected chi connectivity index (χ0v) is 17.7. The Hall–Kier alpha value is -2.42. The number of hydrogen-bond acceptors (Lipinski definition) is 3. The minimum Gasteiger partial charge on any atom is -0.462 e. The first-order valence-electron chi connectivity index (χ1n) is 11.1. The lowest BCUT2D eigenvalue weighted by Gasteiger charge is -2.07. The fourth-order valence-corrected chi connectivity index (χ4v) is 3.39. The fraction of sp³-hybridized carbons (Fsp3) is 0.462. The van der Waals surface area contributed by atoms with Crippen molar-refractivity contribution >= 4 is 12.3 Å². The van der Waals surface area contributed by atoms with Gasteiger partial charge in [0.15, 0.2) is 0 Å². The van der Waals surface area contributed by atoms with E-state index in [9.17, 15) is 9.59 Å². The van der Waals surface area contributed by atoms with E-state index in [-0.39, 0.29) is 5.97 Å². The van der Waals surface area contributed by atoms with Gasteiger partial charge in [-0.25, -0.2) is 4.79 Å². The van der Waals surface area contributed by atoms with E-state index in [4.69, 9.17) is 4.74 Å². The van der Waals surface area contributed by atoms with E-state index >= 15 is 0 Å². The third kappa shape index (κ3) is 8.64. The monoisotopic (exact) mass is 394 g/mol. The van der Waals surface area contributed by atoms with Crippen LogP contribution in [0, 0.1) is 0 Å². The van der Waals surface area contributed by atoms with Crippen LogP contribution in [0.2, 0.25) is 0 Å². The average molecular weight is 395 g/mol. The number of ether oxygens (including phenoxy) is 1. The molecular formula is C26H34O3. The minimum absolute atomic E-state index is 0.260. The molecule has 0 bridgehead atoms. The van der Waals surface area contributed by atoms with Gasteiger partial charge < -0.3 is 4.74 Å². The second kappa shape index (κ2) is 13.7. The summed E-state index contributed by atoms with van der Waals surface area (Å²) in [7, 11) is 0. The van der Waals surface area contributed by atoms with Gasteiger partial charge in [0.1, 0.15) is 6.29 Å². The van der Waals surface area contributed by atoms with Crippen molar-refractivity contribution < 1.29 is 14.3 Å². The molecule has 29 heavy (non-hydrogen) atoms. The lowest BCUT2D eigenvalue weighted by atomic mass is 10.0. The Bertz CT molecular complexity index is 717. The smallest absolute Gasteiger partial charge is 0.338 e.